The third-order valence-corrected chi connectivity index (χ3v) is 3.80. The number of hydrogen-bond donors (Lipinski definition) is 1. The van der Waals surface area contributed by atoms with Gasteiger partial charge in [0.25, 0.3) is 5.91 Å². The number of hydrogen-bond acceptors (Lipinski definition) is 4. The Hall–Kier alpha value is -3.28. The van der Waals surface area contributed by atoms with Crippen molar-refractivity contribution in [3.05, 3.63) is 77.4 Å². The van der Waals surface area contributed by atoms with Gasteiger partial charge < -0.3 is 5.32 Å². The van der Waals surface area contributed by atoms with E-state index in [4.69, 9.17) is 0 Å². The first-order valence-corrected chi connectivity index (χ1v) is 7.91. The summed E-state index contributed by atoms with van der Waals surface area (Å²) in [4.78, 5) is 28.0. The number of aromatic nitrogens is 3. The van der Waals surface area contributed by atoms with Gasteiger partial charge in [-0.3, -0.25) is 14.6 Å². The predicted octanol–water partition coefficient (Wildman–Crippen LogP) is 2.71. The van der Waals surface area contributed by atoms with E-state index in [1.165, 1.54) is 6.92 Å². The first-order valence-electron chi connectivity index (χ1n) is 7.91. The lowest BCUT2D eigenvalue weighted by molar-refractivity contribution is 0.0943. The van der Waals surface area contributed by atoms with E-state index in [0.29, 0.717) is 22.6 Å². The number of benzene rings is 1. The van der Waals surface area contributed by atoms with E-state index < -0.39 is 0 Å². The average molecular weight is 334 g/mol. The van der Waals surface area contributed by atoms with E-state index in [1.807, 2.05) is 30.3 Å². The van der Waals surface area contributed by atoms with Crippen LogP contribution in [0.4, 0.5) is 0 Å². The second kappa shape index (κ2) is 7.09. The van der Waals surface area contributed by atoms with Gasteiger partial charge in [0.05, 0.1) is 17.9 Å². The second-order valence-corrected chi connectivity index (χ2v) is 5.66. The summed E-state index contributed by atoms with van der Waals surface area (Å²) in [5, 5.41) is 7.08. The van der Waals surface area contributed by atoms with Gasteiger partial charge in [0.1, 0.15) is 0 Å². The molecule has 0 aliphatic carbocycles. The number of amides is 1. The molecule has 0 aliphatic rings. The molecule has 0 atom stereocenters. The lowest BCUT2D eigenvalue weighted by Crippen LogP contribution is -2.24. The number of carbonyl (C=O) groups is 2. The highest BCUT2D eigenvalue weighted by Gasteiger charge is 2.11. The predicted molar refractivity (Wildman–Crippen MR) is 93.7 cm³/mol. The maximum atomic E-state index is 12.3. The quantitative estimate of drug-likeness (QED) is 0.728. The van der Waals surface area contributed by atoms with Crippen molar-refractivity contribution in [1.82, 2.24) is 20.1 Å². The van der Waals surface area contributed by atoms with Crippen LogP contribution in [0.2, 0.25) is 0 Å². The van der Waals surface area contributed by atoms with Gasteiger partial charge in [0.15, 0.2) is 11.5 Å². The molecule has 3 rings (SSSR count). The first kappa shape index (κ1) is 16.6. The second-order valence-electron chi connectivity index (χ2n) is 5.66. The molecule has 2 heterocycles. The van der Waals surface area contributed by atoms with Crippen molar-refractivity contribution >= 4 is 11.7 Å². The molecule has 0 aliphatic heterocycles. The SMILES string of the molecule is CC(=O)c1ccc(CNC(=O)c2ccn(-c3ccccc3)n2)nc1C. The Morgan fingerprint density at radius 2 is 1.84 bits per heavy atom. The molecule has 2 aromatic heterocycles. The van der Waals surface area contributed by atoms with Crippen molar-refractivity contribution in [3.8, 4) is 5.69 Å². The van der Waals surface area contributed by atoms with E-state index in [2.05, 4.69) is 15.4 Å². The molecule has 6 heteroatoms. The molecule has 25 heavy (non-hydrogen) atoms. The van der Waals surface area contributed by atoms with Gasteiger partial charge in [-0.1, -0.05) is 18.2 Å². The fourth-order valence-corrected chi connectivity index (χ4v) is 2.51. The van der Waals surface area contributed by atoms with Gasteiger partial charge in [-0.05, 0) is 44.2 Å². The monoisotopic (exact) mass is 334 g/mol. The topological polar surface area (TPSA) is 76.9 Å². The van der Waals surface area contributed by atoms with Crippen LogP contribution in [0.5, 0.6) is 0 Å². The molecule has 0 fully saturated rings. The van der Waals surface area contributed by atoms with Crippen molar-refractivity contribution in [2.75, 3.05) is 0 Å². The number of nitrogens with one attached hydrogen (secondary N) is 1. The standard InChI is InChI=1S/C19H18N4O2/c1-13-17(14(2)24)9-8-15(21-13)12-20-19(25)18-10-11-23(22-18)16-6-4-3-5-7-16/h3-11H,12H2,1-2H3,(H,20,25). The molecule has 1 N–H and O–H groups in total. The summed E-state index contributed by atoms with van der Waals surface area (Å²) in [6, 6.07) is 14.7. The summed E-state index contributed by atoms with van der Waals surface area (Å²) >= 11 is 0. The fraction of sp³-hybridized carbons (Fsp3) is 0.158. The van der Waals surface area contributed by atoms with Gasteiger partial charge in [-0.25, -0.2) is 4.68 Å². The number of Topliss-reactive ketones (excluding diaryl/α,β-unsaturated/α-hetero) is 1. The molecule has 0 bridgehead atoms. The lowest BCUT2D eigenvalue weighted by atomic mass is 10.1. The van der Waals surface area contributed by atoms with Crippen LogP contribution in [0.15, 0.2) is 54.7 Å². The summed E-state index contributed by atoms with van der Waals surface area (Å²) in [7, 11) is 0. The summed E-state index contributed by atoms with van der Waals surface area (Å²) < 4.78 is 1.65. The minimum Gasteiger partial charge on any atom is -0.345 e. The third-order valence-electron chi connectivity index (χ3n) is 3.80. The number of pyridine rings is 1. The zero-order chi connectivity index (χ0) is 17.8. The Balaban J connectivity index is 1.66. The van der Waals surface area contributed by atoms with Crippen molar-refractivity contribution in [2.45, 2.75) is 20.4 Å². The van der Waals surface area contributed by atoms with Crippen LogP contribution in [-0.2, 0) is 6.54 Å². The highest BCUT2D eigenvalue weighted by molar-refractivity contribution is 5.95. The molecule has 6 nitrogen and oxygen atoms in total. The number of aryl methyl sites for hydroxylation is 1. The largest absolute Gasteiger partial charge is 0.345 e. The van der Waals surface area contributed by atoms with Crippen LogP contribution < -0.4 is 5.32 Å². The molecule has 0 unspecified atom stereocenters. The van der Waals surface area contributed by atoms with Crippen LogP contribution in [0.3, 0.4) is 0 Å². The van der Waals surface area contributed by atoms with Gasteiger partial charge in [-0.15, -0.1) is 0 Å². The summed E-state index contributed by atoms with van der Waals surface area (Å²) in [5.74, 6) is -0.295. The zero-order valence-electron chi connectivity index (χ0n) is 14.1. The van der Waals surface area contributed by atoms with Gasteiger partial charge >= 0.3 is 0 Å². The Kier molecular flexibility index (Phi) is 4.70. The molecule has 1 aromatic carbocycles. The molecule has 126 valence electrons. The minimum absolute atomic E-state index is 0.0213. The Morgan fingerprint density at radius 1 is 1.08 bits per heavy atom. The number of ketones is 1. The molecule has 3 aromatic rings. The number of rotatable bonds is 5. The number of para-hydroxylation sites is 1. The Bertz CT molecular complexity index is 916. The Morgan fingerprint density at radius 3 is 2.52 bits per heavy atom. The number of nitrogens with zero attached hydrogens (tertiary/aromatic N) is 3. The van der Waals surface area contributed by atoms with E-state index in [-0.39, 0.29) is 18.2 Å². The van der Waals surface area contributed by atoms with Crippen molar-refractivity contribution in [2.24, 2.45) is 0 Å². The summed E-state index contributed by atoms with van der Waals surface area (Å²) in [6.45, 7) is 3.56. The minimum atomic E-state index is -0.273. The van der Waals surface area contributed by atoms with Crippen molar-refractivity contribution in [1.29, 1.82) is 0 Å². The van der Waals surface area contributed by atoms with Crippen LogP contribution in [0, 0.1) is 6.92 Å². The highest BCUT2D eigenvalue weighted by atomic mass is 16.2. The lowest BCUT2D eigenvalue weighted by Gasteiger charge is -2.06. The summed E-state index contributed by atoms with van der Waals surface area (Å²) in [6.07, 6.45) is 1.74. The molecule has 1 amide bonds. The molecule has 0 saturated heterocycles. The number of carbonyl (C=O) groups excluding carboxylic acids is 2. The maximum Gasteiger partial charge on any atom is 0.272 e. The van der Waals surface area contributed by atoms with E-state index in [1.54, 1.807) is 36.0 Å². The van der Waals surface area contributed by atoms with Crippen LogP contribution in [0.1, 0.15) is 39.2 Å². The van der Waals surface area contributed by atoms with Crippen LogP contribution in [0.25, 0.3) is 5.69 Å². The fourth-order valence-electron chi connectivity index (χ4n) is 2.51. The summed E-state index contributed by atoms with van der Waals surface area (Å²) in [5.41, 5.74) is 3.17. The highest BCUT2D eigenvalue weighted by Crippen LogP contribution is 2.09. The van der Waals surface area contributed by atoms with Crippen molar-refractivity contribution in [3.63, 3.8) is 0 Å². The van der Waals surface area contributed by atoms with Crippen LogP contribution >= 0.6 is 0 Å². The van der Waals surface area contributed by atoms with Crippen LogP contribution in [-0.4, -0.2) is 26.5 Å². The van der Waals surface area contributed by atoms with Gasteiger partial charge in [-0.2, -0.15) is 5.10 Å². The molecule has 0 radical (unpaired) electrons. The van der Waals surface area contributed by atoms with Gasteiger partial charge in [0, 0.05) is 17.5 Å². The maximum absolute atomic E-state index is 12.3. The van der Waals surface area contributed by atoms with E-state index >= 15 is 0 Å². The van der Waals surface area contributed by atoms with Crippen molar-refractivity contribution < 1.29 is 9.59 Å². The average Bonchev–Trinajstić information content (AvgIpc) is 3.10. The molecule has 0 spiro atoms. The molecular weight excluding hydrogens is 316 g/mol. The first-order chi connectivity index (χ1) is 12.0. The van der Waals surface area contributed by atoms with Gasteiger partial charge in [0.2, 0.25) is 0 Å². The zero-order valence-corrected chi connectivity index (χ0v) is 14.1. The molecular formula is C19H18N4O2. The van der Waals surface area contributed by atoms with E-state index in [9.17, 15) is 9.59 Å². The third kappa shape index (κ3) is 3.80. The Labute approximate surface area is 145 Å². The van der Waals surface area contributed by atoms with E-state index in [0.717, 1.165) is 5.69 Å². The molecule has 0 saturated carbocycles. The normalized spacial score (nSPS) is 10.5. The smallest absolute Gasteiger partial charge is 0.272 e.